The maximum absolute atomic E-state index is 2.70. The molecule has 0 N–H and O–H groups in total. The first-order valence-electron chi connectivity index (χ1n) is 18.1. The highest BCUT2D eigenvalue weighted by Crippen LogP contribution is 2.28. The average Bonchev–Trinajstić information content (AvgIpc) is 3.51. The maximum atomic E-state index is 2.54. The molecule has 9 rings (SSSR count). The van der Waals surface area contributed by atoms with E-state index in [-0.39, 0.29) is 0 Å². The number of hydrogen-bond acceptors (Lipinski definition) is 0. The van der Waals surface area contributed by atoms with Gasteiger partial charge in [0.1, 0.15) is 0 Å². The van der Waals surface area contributed by atoms with Gasteiger partial charge in [-0.3, -0.25) is 0 Å². The molecule has 248 valence electrons. The summed E-state index contributed by atoms with van der Waals surface area (Å²) in [4.78, 5) is 0. The maximum Gasteiger partial charge on any atom is 0.179 e. The molecule has 0 aliphatic rings. The lowest BCUT2D eigenvalue weighted by Crippen LogP contribution is -2.74. The van der Waals surface area contributed by atoms with Gasteiger partial charge in [-0.25, -0.2) is 0 Å². The highest BCUT2D eigenvalue weighted by molar-refractivity contribution is 7.20. The Bertz CT molecular complexity index is 2230. The van der Waals surface area contributed by atoms with Crippen molar-refractivity contribution in [2.24, 2.45) is 7.05 Å². The van der Waals surface area contributed by atoms with Gasteiger partial charge < -0.3 is 4.57 Å². The third kappa shape index (κ3) is 4.96. The van der Waals surface area contributed by atoms with Crippen LogP contribution in [0.25, 0.3) is 21.8 Å². The Kier molecular flexibility index (Phi) is 8.15. The molecule has 0 amide bonds. The predicted octanol–water partition coefficient (Wildman–Crippen LogP) is 6.09. The standard InChI is InChI=1S/C49H39NSi2/c1-50-48-34-32-44(51(38-20-8-2-9-21-38,39-22-10-3-11-23-39)40-24-12-4-13-25-40)36-46(48)47-37-45(33-35-49(47)50)52(41-26-14-5-15-27-41,42-28-16-6-17-29-42)43-30-18-7-19-31-43/h2-37H,1H3. The van der Waals surface area contributed by atoms with E-state index >= 15 is 0 Å². The molecule has 8 aromatic carbocycles. The van der Waals surface area contributed by atoms with Crippen LogP contribution in [-0.2, 0) is 7.05 Å². The smallest absolute Gasteiger partial charge is 0.179 e. The summed E-state index contributed by atoms with van der Waals surface area (Å²) in [5.74, 6) is 0. The Hall–Kier alpha value is -6.01. The first-order valence-corrected chi connectivity index (χ1v) is 22.1. The molecule has 0 bridgehead atoms. The average molecular weight is 698 g/mol. The van der Waals surface area contributed by atoms with Gasteiger partial charge in [0.05, 0.1) is 0 Å². The van der Waals surface area contributed by atoms with E-state index in [4.69, 9.17) is 0 Å². The van der Waals surface area contributed by atoms with E-state index in [9.17, 15) is 0 Å². The van der Waals surface area contributed by atoms with Crippen molar-refractivity contribution in [1.82, 2.24) is 4.57 Å². The highest BCUT2D eigenvalue weighted by atomic mass is 28.3. The molecule has 0 aliphatic heterocycles. The summed E-state index contributed by atoms with van der Waals surface area (Å²) in [5.41, 5.74) is 2.50. The van der Waals surface area contributed by atoms with Crippen molar-refractivity contribution in [2.75, 3.05) is 0 Å². The number of aromatic nitrogens is 1. The summed E-state index contributed by atoms with van der Waals surface area (Å²) in [7, 11) is -3.19. The molecule has 3 heteroatoms. The Morgan fingerprint density at radius 1 is 0.269 bits per heavy atom. The molecular weight excluding hydrogens is 659 g/mol. The van der Waals surface area contributed by atoms with Crippen LogP contribution in [0.2, 0.25) is 0 Å². The lowest BCUT2D eigenvalue weighted by atomic mass is 10.1. The summed E-state index contributed by atoms with van der Waals surface area (Å²) in [6, 6.07) is 82.0. The lowest BCUT2D eigenvalue weighted by Gasteiger charge is -2.34. The van der Waals surface area contributed by atoms with Crippen LogP contribution in [0.1, 0.15) is 0 Å². The zero-order valence-electron chi connectivity index (χ0n) is 29.2. The van der Waals surface area contributed by atoms with Gasteiger partial charge in [-0.1, -0.05) is 206 Å². The Labute approximate surface area is 308 Å². The van der Waals surface area contributed by atoms with E-state index < -0.39 is 16.1 Å². The van der Waals surface area contributed by atoms with E-state index in [0.717, 1.165) is 0 Å². The minimum absolute atomic E-state index is 1.25. The largest absolute Gasteiger partial charge is 0.344 e. The van der Waals surface area contributed by atoms with Crippen LogP contribution in [0.4, 0.5) is 0 Å². The van der Waals surface area contributed by atoms with Gasteiger partial charge in [0, 0.05) is 28.9 Å². The number of benzene rings is 8. The van der Waals surface area contributed by atoms with Crippen molar-refractivity contribution < 1.29 is 0 Å². The van der Waals surface area contributed by atoms with E-state index in [1.807, 2.05) is 0 Å². The van der Waals surface area contributed by atoms with Crippen LogP contribution in [0.5, 0.6) is 0 Å². The van der Waals surface area contributed by atoms with Gasteiger partial charge in [0.15, 0.2) is 16.1 Å². The first kappa shape index (κ1) is 31.9. The van der Waals surface area contributed by atoms with Crippen molar-refractivity contribution in [3.63, 3.8) is 0 Å². The number of aryl methyl sites for hydroxylation is 1. The Balaban J connectivity index is 1.38. The van der Waals surface area contributed by atoms with Crippen LogP contribution in [0, 0.1) is 0 Å². The minimum Gasteiger partial charge on any atom is -0.344 e. The van der Waals surface area contributed by atoms with Gasteiger partial charge in [-0.15, -0.1) is 0 Å². The van der Waals surface area contributed by atoms with E-state index in [2.05, 4.69) is 230 Å². The number of hydrogen-bond donors (Lipinski definition) is 0. The summed E-state index contributed by atoms with van der Waals surface area (Å²) in [6.07, 6.45) is 0. The van der Waals surface area contributed by atoms with E-state index in [0.29, 0.717) is 0 Å². The molecule has 0 aliphatic carbocycles. The summed E-state index contributed by atoms with van der Waals surface area (Å²) in [6.45, 7) is 0. The second kappa shape index (κ2) is 13.3. The van der Waals surface area contributed by atoms with Crippen molar-refractivity contribution in [3.05, 3.63) is 218 Å². The van der Waals surface area contributed by atoms with Crippen LogP contribution in [0.3, 0.4) is 0 Å². The minimum atomic E-state index is -2.70. The van der Waals surface area contributed by atoms with Crippen molar-refractivity contribution in [2.45, 2.75) is 0 Å². The third-order valence-corrected chi connectivity index (χ3v) is 20.7. The van der Waals surface area contributed by atoms with Crippen molar-refractivity contribution in [1.29, 1.82) is 0 Å². The van der Waals surface area contributed by atoms with Gasteiger partial charge in [-0.05, 0) is 53.6 Å². The fraction of sp³-hybridized carbons (Fsp3) is 0.0204. The molecule has 52 heavy (non-hydrogen) atoms. The van der Waals surface area contributed by atoms with Crippen molar-refractivity contribution >= 4 is 79.4 Å². The second-order valence-corrected chi connectivity index (χ2v) is 21.3. The molecule has 0 fully saturated rings. The fourth-order valence-corrected chi connectivity index (χ4v) is 18.4. The van der Waals surface area contributed by atoms with Crippen LogP contribution < -0.4 is 41.5 Å². The Morgan fingerprint density at radius 3 is 0.731 bits per heavy atom. The van der Waals surface area contributed by atoms with E-state index in [1.54, 1.807) is 0 Å². The monoisotopic (exact) mass is 697 g/mol. The van der Waals surface area contributed by atoms with Crippen LogP contribution in [-0.4, -0.2) is 20.7 Å². The van der Waals surface area contributed by atoms with E-state index in [1.165, 1.54) is 63.3 Å². The molecule has 1 heterocycles. The Morgan fingerprint density at radius 2 is 0.500 bits per heavy atom. The molecule has 0 saturated heterocycles. The SMILES string of the molecule is Cn1c2ccc([Si](c3ccccc3)(c3ccccc3)c3ccccc3)cc2c2cc([Si](c3ccccc3)(c3ccccc3)c3ccccc3)ccc21. The molecule has 1 aromatic heterocycles. The number of nitrogens with zero attached hydrogens (tertiary/aromatic N) is 1. The quantitative estimate of drug-likeness (QED) is 0.134. The predicted molar refractivity (Wildman–Crippen MR) is 228 cm³/mol. The number of rotatable bonds is 8. The third-order valence-electron chi connectivity index (χ3n) is 11.1. The fourth-order valence-electron chi connectivity index (χ4n) is 8.81. The normalized spacial score (nSPS) is 11.9. The van der Waals surface area contributed by atoms with Crippen LogP contribution >= 0.6 is 0 Å². The molecule has 0 radical (unpaired) electrons. The zero-order chi connectivity index (χ0) is 35.0. The summed E-state index contributed by atoms with van der Waals surface area (Å²) < 4.78 is 2.38. The van der Waals surface area contributed by atoms with Crippen LogP contribution in [0.15, 0.2) is 218 Å². The molecule has 9 aromatic rings. The molecule has 0 saturated carbocycles. The summed E-state index contributed by atoms with van der Waals surface area (Å²) >= 11 is 0. The molecule has 0 spiro atoms. The molecule has 0 atom stereocenters. The van der Waals surface area contributed by atoms with Gasteiger partial charge in [-0.2, -0.15) is 0 Å². The van der Waals surface area contributed by atoms with Gasteiger partial charge in [0.25, 0.3) is 0 Å². The van der Waals surface area contributed by atoms with Gasteiger partial charge >= 0.3 is 0 Å². The van der Waals surface area contributed by atoms with Gasteiger partial charge in [0.2, 0.25) is 0 Å². The first-order chi connectivity index (χ1) is 25.7. The zero-order valence-corrected chi connectivity index (χ0v) is 31.2. The molecule has 1 nitrogen and oxygen atoms in total. The second-order valence-electron chi connectivity index (χ2n) is 13.7. The van der Waals surface area contributed by atoms with Crippen molar-refractivity contribution in [3.8, 4) is 0 Å². The molecular formula is C49H39NSi2. The molecule has 0 unspecified atom stereocenters. The lowest BCUT2D eigenvalue weighted by molar-refractivity contribution is 1.01. The highest BCUT2D eigenvalue weighted by Gasteiger charge is 2.43. The number of fused-ring (bicyclic) bond motifs is 3. The summed E-state index contributed by atoms with van der Waals surface area (Å²) in [5, 5.41) is 13.7. The topological polar surface area (TPSA) is 4.93 Å².